The molecule has 0 aromatic heterocycles. The smallest absolute Gasteiger partial charge is 0.326 e. The molecule has 2 unspecified atom stereocenters. The van der Waals surface area contributed by atoms with Gasteiger partial charge in [0.15, 0.2) is 0 Å². The molecule has 0 aromatic carbocycles. The van der Waals surface area contributed by atoms with Crippen LogP contribution < -0.4 is 0 Å². The van der Waals surface area contributed by atoms with Crippen LogP contribution in [-0.4, -0.2) is 61.0 Å². The molecule has 1 heterocycles. The van der Waals surface area contributed by atoms with Crippen molar-refractivity contribution in [2.24, 2.45) is 0 Å². The summed E-state index contributed by atoms with van der Waals surface area (Å²) in [7, 11) is 1.52. The third-order valence-corrected chi connectivity index (χ3v) is 2.83. The quantitative estimate of drug-likeness (QED) is 0.728. The molecule has 0 aliphatic carbocycles. The van der Waals surface area contributed by atoms with Gasteiger partial charge in [0.05, 0.1) is 19.3 Å². The molecular formula is C10H19NO4. The highest BCUT2D eigenvalue weighted by Gasteiger charge is 2.41. The van der Waals surface area contributed by atoms with Crippen molar-refractivity contribution in [1.82, 2.24) is 4.90 Å². The summed E-state index contributed by atoms with van der Waals surface area (Å²) in [5.41, 5.74) is -0.952. The van der Waals surface area contributed by atoms with E-state index in [4.69, 9.17) is 9.47 Å². The molecule has 0 radical (unpaired) electrons. The first kappa shape index (κ1) is 12.4. The van der Waals surface area contributed by atoms with Gasteiger partial charge in [0.1, 0.15) is 5.54 Å². The molecule has 0 bridgehead atoms. The number of carboxylic acids is 1. The number of rotatable bonds is 4. The maximum absolute atomic E-state index is 11.3. The summed E-state index contributed by atoms with van der Waals surface area (Å²) in [6.45, 7) is 5.67. The fourth-order valence-corrected chi connectivity index (χ4v) is 1.84. The lowest BCUT2D eigenvalue weighted by Crippen LogP contribution is -2.60. The van der Waals surface area contributed by atoms with Crippen LogP contribution in [0.25, 0.3) is 0 Å². The van der Waals surface area contributed by atoms with E-state index in [2.05, 4.69) is 0 Å². The number of ether oxygens (including phenoxy) is 2. The monoisotopic (exact) mass is 217 g/mol. The SMILES string of the molecule is COCC(C)(C(=O)O)N1CCOC(C)C1. The molecule has 88 valence electrons. The molecule has 0 aromatic rings. The minimum absolute atomic E-state index is 0.0780. The molecule has 1 aliphatic heterocycles. The van der Waals surface area contributed by atoms with Crippen LogP contribution >= 0.6 is 0 Å². The van der Waals surface area contributed by atoms with Gasteiger partial charge < -0.3 is 14.6 Å². The van der Waals surface area contributed by atoms with E-state index in [-0.39, 0.29) is 12.7 Å². The van der Waals surface area contributed by atoms with Crippen molar-refractivity contribution < 1.29 is 19.4 Å². The van der Waals surface area contributed by atoms with Gasteiger partial charge >= 0.3 is 5.97 Å². The highest BCUT2D eigenvalue weighted by atomic mass is 16.5. The van der Waals surface area contributed by atoms with Crippen molar-refractivity contribution in [3.63, 3.8) is 0 Å². The number of carboxylic acid groups (broad SMARTS) is 1. The predicted octanol–water partition coefficient (Wildman–Crippen LogP) is 0.197. The van der Waals surface area contributed by atoms with E-state index in [1.807, 2.05) is 11.8 Å². The second kappa shape index (κ2) is 4.92. The Morgan fingerprint density at radius 2 is 2.40 bits per heavy atom. The first-order chi connectivity index (χ1) is 7.00. The second-order valence-corrected chi connectivity index (χ2v) is 4.14. The Balaban J connectivity index is 2.74. The molecule has 2 atom stereocenters. The summed E-state index contributed by atoms with van der Waals surface area (Å²) in [6, 6.07) is 0. The van der Waals surface area contributed by atoms with Crippen LogP contribution in [0.15, 0.2) is 0 Å². The maximum Gasteiger partial charge on any atom is 0.326 e. The van der Waals surface area contributed by atoms with Crippen molar-refractivity contribution in [1.29, 1.82) is 0 Å². The second-order valence-electron chi connectivity index (χ2n) is 4.14. The normalized spacial score (nSPS) is 27.3. The van der Waals surface area contributed by atoms with Crippen molar-refractivity contribution in [3.05, 3.63) is 0 Å². The standard InChI is InChI=1S/C10H19NO4/c1-8-6-11(4-5-15-8)10(2,7-14-3)9(12)13/h8H,4-7H2,1-3H3,(H,12,13). The topological polar surface area (TPSA) is 59.0 Å². The van der Waals surface area contributed by atoms with E-state index >= 15 is 0 Å². The molecule has 15 heavy (non-hydrogen) atoms. The number of hydrogen-bond donors (Lipinski definition) is 1. The fourth-order valence-electron chi connectivity index (χ4n) is 1.84. The summed E-state index contributed by atoms with van der Waals surface area (Å²) < 4.78 is 10.4. The minimum Gasteiger partial charge on any atom is -0.480 e. The van der Waals surface area contributed by atoms with E-state index < -0.39 is 11.5 Å². The number of methoxy groups -OCH3 is 1. The Hall–Kier alpha value is -0.650. The summed E-state index contributed by atoms with van der Waals surface area (Å²) in [6.07, 6.45) is 0.0780. The number of carbonyl (C=O) groups is 1. The molecule has 0 spiro atoms. The summed E-state index contributed by atoms with van der Waals surface area (Å²) in [5.74, 6) is -0.849. The van der Waals surface area contributed by atoms with Crippen LogP contribution in [0.1, 0.15) is 13.8 Å². The summed E-state index contributed by atoms with van der Waals surface area (Å²) in [4.78, 5) is 13.2. The van der Waals surface area contributed by atoms with E-state index in [1.54, 1.807) is 6.92 Å². The highest BCUT2D eigenvalue weighted by Crippen LogP contribution is 2.19. The Labute approximate surface area is 90.0 Å². The van der Waals surface area contributed by atoms with Gasteiger partial charge in [-0.05, 0) is 13.8 Å². The van der Waals surface area contributed by atoms with Gasteiger partial charge in [0.25, 0.3) is 0 Å². The zero-order valence-corrected chi connectivity index (χ0v) is 9.52. The molecule has 0 amide bonds. The minimum atomic E-state index is -0.952. The third kappa shape index (κ3) is 2.68. The number of hydrogen-bond acceptors (Lipinski definition) is 4. The van der Waals surface area contributed by atoms with Gasteiger partial charge in [-0.3, -0.25) is 9.69 Å². The van der Waals surface area contributed by atoms with Crippen LogP contribution in [-0.2, 0) is 14.3 Å². The summed E-state index contributed by atoms with van der Waals surface area (Å²) >= 11 is 0. The molecular weight excluding hydrogens is 198 g/mol. The predicted molar refractivity (Wildman–Crippen MR) is 54.9 cm³/mol. The maximum atomic E-state index is 11.3. The van der Waals surface area contributed by atoms with E-state index in [0.29, 0.717) is 19.7 Å². The molecule has 5 nitrogen and oxygen atoms in total. The van der Waals surface area contributed by atoms with Crippen LogP contribution in [0.2, 0.25) is 0 Å². The van der Waals surface area contributed by atoms with Crippen molar-refractivity contribution in [2.45, 2.75) is 25.5 Å². The molecule has 1 N–H and O–H groups in total. The Kier molecular flexibility index (Phi) is 4.07. The lowest BCUT2D eigenvalue weighted by molar-refractivity contribution is -0.160. The lowest BCUT2D eigenvalue weighted by Gasteiger charge is -2.41. The third-order valence-electron chi connectivity index (χ3n) is 2.83. The van der Waals surface area contributed by atoms with Crippen LogP contribution in [0, 0.1) is 0 Å². The number of aliphatic carboxylic acids is 1. The van der Waals surface area contributed by atoms with Crippen LogP contribution in [0.5, 0.6) is 0 Å². The van der Waals surface area contributed by atoms with Crippen LogP contribution in [0.4, 0.5) is 0 Å². The lowest BCUT2D eigenvalue weighted by atomic mass is 10.00. The fraction of sp³-hybridized carbons (Fsp3) is 0.900. The average Bonchev–Trinajstić information content (AvgIpc) is 2.17. The zero-order chi connectivity index (χ0) is 11.5. The zero-order valence-electron chi connectivity index (χ0n) is 9.52. The molecule has 1 aliphatic rings. The first-order valence-electron chi connectivity index (χ1n) is 5.09. The number of morpholine rings is 1. The van der Waals surface area contributed by atoms with Gasteiger partial charge in [0, 0.05) is 20.2 Å². The van der Waals surface area contributed by atoms with Gasteiger partial charge in [0.2, 0.25) is 0 Å². The first-order valence-corrected chi connectivity index (χ1v) is 5.09. The highest BCUT2D eigenvalue weighted by molar-refractivity contribution is 5.78. The Bertz CT molecular complexity index is 233. The molecule has 5 heteroatoms. The van der Waals surface area contributed by atoms with Gasteiger partial charge in [-0.25, -0.2) is 0 Å². The largest absolute Gasteiger partial charge is 0.480 e. The van der Waals surface area contributed by atoms with Gasteiger partial charge in [-0.15, -0.1) is 0 Å². The molecule has 1 fully saturated rings. The van der Waals surface area contributed by atoms with Crippen molar-refractivity contribution >= 4 is 5.97 Å². The Morgan fingerprint density at radius 3 is 2.87 bits per heavy atom. The van der Waals surface area contributed by atoms with E-state index in [1.165, 1.54) is 7.11 Å². The van der Waals surface area contributed by atoms with E-state index in [9.17, 15) is 9.90 Å². The summed E-state index contributed by atoms with van der Waals surface area (Å²) in [5, 5.41) is 9.24. The number of nitrogens with zero attached hydrogens (tertiary/aromatic N) is 1. The van der Waals surface area contributed by atoms with Crippen molar-refractivity contribution in [3.8, 4) is 0 Å². The van der Waals surface area contributed by atoms with Gasteiger partial charge in [-0.2, -0.15) is 0 Å². The van der Waals surface area contributed by atoms with Crippen LogP contribution in [0.3, 0.4) is 0 Å². The molecule has 1 rings (SSSR count). The Morgan fingerprint density at radius 1 is 1.73 bits per heavy atom. The molecule has 1 saturated heterocycles. The van der Waals surface area contributed by atoms with E-state index in [0.717, 1.165) is 0 Å². The molecule has 0 saturated carbocycles. The van der Waals surface area contributed by atoms with Crippen molar-refractivity contribution in [2.75, 3.05) is 33.4 Å². The van der Waals surface area contributed by atoms with Gasteiger partial charge in [-0.1, -0.05) is 0 Å². The average molecular weight is 217 g/mol.